The third-order valence-electron chi connectivity index (χ3n) is 5.72. The van der Waals surface area contributed by atoms with Gasteiger partial charge in [-0.15, -0.1) is 0 Å². The highest BCUT2D eigenvalue weighted by atomic mass is 32.2. The first-order chi connectivity index (χ1) is 14.0. The molecule has 0 aromatic carbocycles. The molecule has 4 N–H and O–H groups in total. The predicted molar refractivity (Wildman–Crippen MR) is 102 cm³/mol. The highest BCUT2D eigenvalue weighted by Crippen LogP contribution is 2.46. The number of β-lactam (4-membered cyclic amide) rings is 1. The first-order valence-corrected chi connectivity index (χ1v) is 11.6. The number of amides is 1. The third-order valence-corrected chi connectivity index (χ3v) is 7.20. The van der Waals surface area contributed by atoms with Crippen LogP contribution in [0.25, 0.3) is 4.83 Å². The minimum absolute atomic E-state index is 0.0112. The first kappa shape index (κ1) is 20.9. The van der Waals surface area contributed by atoms with Crippen LogP contribution >= 0.6 is 11.3 Å². The molecule has 11 nitrogen and oxygen atoms in total. The zero-order valence-electron chi connectivity index (χ0n) is 16.2. The Labute approximate surface area is 176 Å². The maximum Gasteiger partial charge on any atom is 0.274 e. The van der Waals surface area contributed by atoms with Gasteiger partial charge in [0, 0.05) is 16.9 Å². The van der Waals surface area contributed by atoms with Crippen LogP contribution in [0.15, 0.2) is 29.2 Å². The van der Waals surface area contributed by atoms with Crippen LogP contribution < -0.4 is 19.5 Å². The summed E-state index contributed by atoms with van der Waals surface area (Å²) < 4.78 is 28.1. The fraction of sp³-hybridized carbons (Fsp3) is 0.471. The number of aliphatic hydroxyl groups excluding tert-OH is 1. The molecule has 2 aromatic heterocycles. The number of aromatic nitrogens is 2. The molecule has 0 unspecified atom stereocenters. The van der Waals surface area contributed by atoms with Gasteiger partial charge in [0.2, 0.25) is 17.1 Å². The van der Waals surface area contributed by atoms with Crippen molar-refractivity contribution in [3.05, 3.63) is 34.9 Å². The van der Waals surface area contributed by atoms with Gasteiger partial charge in [0.15, 0.2) is 0 Å². The van der Waals surface area contributed by atoms with Gasteiger partial charge in [-0.2, -0.15) is 17.5 Å². The molecule has 4 atom stereocenters. The number of carboxylic acid groups (broad SMARTS) is 1. The number of fused-ring (bicyclic) bond motifs is 2. The summed E-state index contributed by atoms with van der Waals surface area (Å²) in [5.41, 5.74) is 1.08. The molecule has 162 valence electrons. The monoisotopic (exact) mass is 455 g/mol. The quantitative estimate of drug-likeness (QED) is 0.307. The van der Waals surface area contributed by atoms with E-state index in [1.54, 1.807) is 26.9 Å². The van der Waals surface area contributed by atoms with E-state index in [4.69, 9.17) is 5.14 Å². The van der Waals surface area contributed by atoms with Crippen molar-refractivity contribution in [2.24, 2.45) is 17.0 Å². The largest absolute Gasteiger partial charge is 0.543 e. The summed E-state index contributed by atoms with van der Waals surface area (Å²) in [6.45, 7) is 3.59. The van der Waals surface area contributed by atoms with E-state index >= 15 is 0 Å². The van der Waals surface area contributed by atoms with E-state index in [9.17, 15) is 28.2 Å². The lowest BCUT2D eigenvalue weighted by molar-refractivity contribution is -0.688. The molecule has 1 saturated heterocycles. The van der Waals surface area contributed by atoms with Crippen molar-refractivity contribution in [1.82, 2.24) is 14.0 Å². The second-order valence-corrected chi connectivity index (χ2v) is 9.90. The summed E-state index contributed by atoms with van der Waals surface area (Å²) in [6.07, 6.45) is 2.66. The lowest BCUT2D eigenvalue weighted by Crippen LogP contribution is -2.64. The number of imidazole rings is 1. The average molecular weight is 456 g/mol. The number of carbonyl (C=O) groups excluding carboxylic acids is 2. The van der Waals surface area contributed by atoms with Crippen molar-refractivity contribution >= 4 is 38.3 Å². The van der Waals surface area contributed by atoms with E-state index < -0.39 is 40.1 Å². The Morgan fingerprint density at radius 1 is 1.50 bits per heavy atom. The summed E-state index contributed by atoms with van der Waals surface area (Å²) >= 11 is 1.39. The van der Waals surface area contributed by atoms with Crippen molar-refractivity contribution in [3.8, 4) is 0 Å². The molecule has 1 amide bonds. The highest BCUT2D eigenvalue weighted by molar-refractivity contribution is 7.87. The summed E-state index contributed by atoms with van der Waals surface area (Å²) in [5, 5.41) is 28.5. The minimum atomic E-state index is -3.83. The van der Waals surface area contributed by atoms with Crippen LogP contribution in [0.2, 0.25) is 0 Å². The van der Waals surface area contributed by atoms with Gasteiger partial charge >= 0.3 is 0 Å². The molecule has 2 aliphatic heterocycles. The first-order valence-electron chi connectivity index (χ1n) is 9.20. The molecule has 0 bridgehead atoms. The lowest BCUT2D eigenvalue weighted by atomic mass is 9.78. The second kappa shape index (κ2) is 7.13. The number of aliphatic carboxylic acids is 1. The number of nitrogens with two attached hydrogens (primary N) is 1. The Morgan fingerprint density at radius 3 is 2.80 bits per heavy atom. The number of rotatable bonds is 7. The van der Waals surface area contributed by atoms with Gasteiger partial charge in [0.25, 0.3) is 10.2 Å². The van der Waals surface area contributed by atoms with Crippen LogP contribution in [0.4, 0.5) is 0 Å². The molecular weight excluding hydrogens is 434 g/mol. The number of carbonyl (C=O) groups is 2. The van der Waals surface area contributed by atoms with Crippen molar-refractivity contribution in [3.63, 3.8) is 0 Å². The van der Waals surface area contributed by atoms with Crippen molar-refractivity contribution in [2.45, 2.75) is 39.1 Å². The summed E-state index contributed by atoms with van der Waals surface area (Å²) in [7, 11) is -3.83. The molecule has 0 aliphatic carbocycles. The predicted octanol–water partition coefficient (Wildman–Crippen LogP) is -2.56. The van der Waals surface area contributed by atoms with E-state index in [-0.39, 0.29) is 24.7 Å². The molecule has 30 heavy (non-hydrogen) atoms. The topological polar surface area (TPSA) is 161 Å². The zero-order valence-corrected chi connectivity index (χ0v) is 17.8. The smallest absolute Gasteiger partial charge is 0.274 e. The van der Waals surface area contributed by atoms with Gasteiger partial charge in [-0.3, -0.25) is 4.79 Å². The average Bonchev–Trinajstić information content (AvgIpc) is 3.24. The molecule has 0 radical (unpaired) electrons. The fourth-order valence-corrected chi connectivity index (χ4v) is 5.63. The number of nitrogens with zero attached hydrogens (tertiary/aromatic N) is 3. The maximum atomic E-state index is 12.4. The van der Waals surface area contributed by atoms with Gasteiger partial charge in [0.05, 0.1) is 36.3 Å². The van der Waals surface area contributed by atoms with Gasteiger partial charge in [-0.25, -0.2) is 9.71 Å². The number of nitrogens with one attached hydrogen (secondary N) is 1. The summed E-state index contributed by atoms with van der Waals surface area (Å²) in [6, 6.07) is -0.403. The van der Waals surface area contributed by atoms with E-state index in [1.807, 2.05) is 6.92 Å². The van der Waals surface area contributed by atoms with Gasteiger partial charge in [-0.05, 0) is 6.92 Å². The van der Waals surface area contributed by atoms with Crippen LogP contribution in [0.1, 0.15) is 19.5 Å². The van der Waals surface area contributed by atoms with Gasteiger partial charge < -0.3 is 19.9 Å². The number of thiazole rings is 1. The van der Waals surface area contributed by atoms with Gasteiger partial charge in [-0.1, -0.05) is 18.3 Å². The molecular formula is C17H21N5O6S2. The van der Waals surface area contributed by atoms with E-state index in [2.05, 4.69) is 4.72 Å². The molecule has 13 heteroatoms. The SMILES string of the molecule is C[C@@H](O)[C@H]1C(=O)N2C(C(=O)[O-])=C(C[n+]3cc4scc(CNS(N)(=O)=O)n4c3)[C@H](C)[C@H]12. The van der Waals surface area contributed by atoms with Crippen LogP contribution in [0.3, 0.4) is 0 Å². The van der Waals surface area contributed by atoms with Gasteiger partial charge in [0.1, 0.15) is 18.4 Å². The summed E-state index contributed by atoms with van der Waals surface area (Å²) in [5.74, 6) is -2.72. The van der Waals surface area contributed by atoms with E-state index in [0.717, 1.165) is 4.83 Å². The third kappa shape index (κ3) is 3.32. The normalized spacial score (nSPS) is 25.0. The van der Waals surface area contributed by atoms with E-state index in [1.165, 1.54) is 23.2 Å². The standard InChI is InChI=1S/C17H21N5O6S2/c1-8-11(15(17(25)26)22-14(8)13(9(2)23)16(22)24)4-20-5-12-21(7-20)10(6-29-12)3-19-30(18,27)28/h5-9,13-14,19,23H,3-4H2,1-2H3,(H2-,18,25,26,27,28)/t8-,9+,13+,14+/m0/s1. The van der Waals surface area contributed by atoms with Crippen molar-refractivity contribution < 1.29 is 32.8 Å². The highest BCUT2D eigenvalue weighted by Gasteiger charge is 2.58. The number of hydrogen-bond donors (Lipinski definition) is 3. The van der Waals surface area contributed by atoms with Crippen LogP contribution in [-0.4, -0.2) is 46.8 Å². The van der Waals surface area contributed by atoms with Crippen molar-refractivity contribution in [1.29, 1.82) is 0 Å². The Balaban J connectivity index is 1.63. The number of aliphatic hydroxyl groups is 1. The molecule has 0 spiro atoms. The fourth-order valence-electron chi connectivity index (χ4n) is 4.36. The Kier molecular flexibility index (Phi) is 4.97. The van der Waals surface area contributed by atoms with Crippen LogP contribution in [0, 0.1) is 11.8 Å². The second-order valence-electron chi connectivity index (χ2n) is 7.63. The zero-order chi connectivity index (χ0) is 22.0. The molecule has 4 heterocycles. The molecule has 4 rings (SSSR count). The number of hydrogen-bond acceptors (Lipinski definition) is 7. The number of carboxylic acids is 1. The molecule has 1 fully saturated rings. The Bertz CT molecular complexity index is 1180. The Morgan fingerprint density at radius 2 is 2.20 bits per heavy atom. The molecule has 2 aliphatic rings. The minimum Gasteiger partial charge on any atom is -0.543 e. The maximum absolute atomic E-state index is 12.4. The molecule has 0 saturated carbocycles. The summed E-state index contributed by atoms with van der Waals surface area (Å²) in [4.78, 5) is 26.3. The van der Waals surface area contributed by atoms with E-state index in [0.29, 0.717) is 11.3 Å². The lowest BCUT2D eigenvalue weighted by Gasteiger charge is -2.47. The van der Waals surface area contributed by atoms with Crippen LogP contribution in [-0.2, 0) is 32.9 Å². The van der Waals surface area contributed by atoms with Crippen molar-refractivity contribution in [2.75, 3.05) is 0 Å². The molecule has 2 aromatic rings. The van der Waals surface area contributed by atoms with Crippen LogP contribution in [0.5, 0.6) is 0 Å². The Hall–Kier alpha value is -2.32.